The first-order valence-corrected chi connectivity index (χ1v) is 9.01. The molecule has 26 heavy (non-hydrogen) atoms. The lowest BCUT2D eigenvalue weighted by Gasteiger charge is -2.63. The molecule has 0 aromatic heterocycles. The van der Waals surface area contributed by atoms with Crippen LogP contribution in [-0.2, 0) is 4.79 Å². The molecule has 1 N–H and O–H groups in total. The highest BCUT2D eigenvalue weighted by molar-refractivity contribution is 9.10. The van der Waals surface area contributed by atoms with Crippen LogP contribution in [0.3, 0.4) is 0 Å². The molecule has 6 nitrogen and oxygen atoms in total. The van der Waals surface area contributed by atoms with E-state index in [9.17, 15) is 4.79 Å². The zero-order valence-corrected chi connectivity index (χ0v) is 17.2. The summed E-state index contributed by atoms with van der Waals surface area (Å²) < 4.78 is 6.92. The van der Waals surface area contributed by atoms with Gasteiger partial charge in [-0.25, -0.2) is 0 Å². The van der Waals surface area contributed by atoms with Gasteiger partial charge in [0.1, 0.15) is 23.6 Å². The summed E-state index contributed by atoms with van der Waals surface area (Å²) in [7, 11) is 1.50. The van der Waals surface area contributed by atoms with Gasteiger partial charge in [0.05, 0.1) is 5.56 Å². The number of nitrogens with one attached hydrogen (secondary N) is 1. The molecule has 0 bridgehead atoms. The lowest BCUT2D eigenvalue weighted by molar-refractivity contribution is -0.172. The average Bonchev–Trinajstić information content (AvgIpc) is 2.57. The third-order valence-corrected chi connectivity index (χ3v) is 5.57. The largest absolute Gasteiger partial charge is 0.489 e. The Morgan fingerprint density at radius 2 is 1.96 bits per heavy atom. The second-order valence-corrected chi connectivity index (χ2v) is 8.40. The number of hydrogen-bond donors (Lipinski definition) is 1. The molecule has 0 spiro atoms. The summed E-state index contributed by atoms with van der Waals surface area (Å²) in [6, 6.07) is 7.29. The van der Waals surface area contributed by atoms with Crippen LogP contribution in [0.4, 0.5) is 0 Å². The Bertz CT molecular complexity index is 792. The first-order valence-electron chi connectivity index (χ1n) is 8.21. The van der Waals surface area contributed by atoms with E-state index < -0.39 is 0 Å². The Balaban J connectivity index is 2.17. The maximum absolute atomic E-state index is 12.2. The molecule has 1 fully saturated rings. The second kappa shape index (κ2) is 7.20. The van der Waals surface area contributed by atoms with Crippen LogP contribution in [-0.4, -0.2) is 25.1 Å². The van der Waals surface area contributed by atoms with Gasteiger partial charge in [-0.2, -0.15) is 15.5 Å². The molecule has 1 aliphatic carbocycles. The molecular formula is C19H23BrN4O2. The summed E-state index contributed by atoms with van der Waals surface area (Å²) in [5.41, 5.74) is 0.0320. The molecule has 0 saturated heterocycles. The van der Waals surface area contributed by atoms with Crippen molar-refractivity contribution < 1.29 is 9.53 Å². The van der Waals surface area contributed by atoms with Gasteiger partial charge in [0.25, 0.3) is 5.91 Å². The quantitative estimate of drug-likeness (QED) is 0.573. The summed E-state index contributed by atoms with van der Waals surface area (Å²) >= 11 is 3.38. The van der Waals surface area contributed by atoms with E-state index >= 15 is 0 Å². The average molecular weight is 419 g/mol. The fraction of sp³-hybridized carbons (Fsp3) is 0.474. The maximum Gasteiger partial charge on any atom is 0.271 e. The summed E-state index contributed by atoms with van der Waals surface area (Å²) in [6.45, 7) is 11.8. The molecule has 1 aromatic carbocycles. The SMILES string of the molecule is C=C(N=NC)C(=O)NC1C(C)(C)C(Oc2ccc(C#N)c(Br)c2)C1(C)C. The van der Waals surface area contributed by atoms with Crippen molar-refractivity contribution in [1.82, 2.24) is 5.32 Å². The number of nitriles is 1. The number of nitrogens with zero attached hydrogens (tertiary/aromatic N) is 3. The van der Waals surface area contributed by atoms with E-state index in [4.69, 9.17) is 10.00 Å². The highest BCUT2D eigenvalue weighted by Crippen LogP contribution is 2.55. The van der Waals surface area contributed by atoms with Gasteiger partial charge in [0.2, 0.25) is 0 Å². The molecule has 138 valence electrons. The molecule has 0 atom stereocenters. The standard InChI is InChI=1S/C19H23BrN4O2/c1-11(24-22-6)15(25)23-16-18(2,3)17(19(16,4)5)26-13-8-7-12(10-21)14(20)9-13/h7-9,16-17H,1H2,2-6H3,(H,23,25). The number of halogens is 1. The van der Waals surface area contributed by atoms with Gasteiger partial charge >= 0.3 is 0 Å². The Hall–Kier alpha value is -2.20. The summed E-state index contributed by atoms with van der Waals surface area (Å²) in [6.07, 6.45) is -0.124. The minimum absolute atomic E-state index is 0.0829. The maximum atomic E-state index is 12.2. The summed E-state index contributed by atoms with van der Waals surface area (Å²) in [5.74, 6) is 0.345. The molecule has 0 heterocycles. The number of rotatable bonds is 5. The first kappa shape index (κ1) is 20.1. The normalized spacial score (nSPS) is 23.0. The van der Waals surface area contributed by atoms with Gasteiger partial charge < -0.3 is 10.1 Å². The van der Waals surface area contributed by atoms with Gasteiger partial charge in [0.15, 0.2) is 0 Å². The Kier molecular flexibility index (Phi) is 5.57. The highest BCUT2D eigenvalue weighted by Gasteiger charge is 2.64. The molecule has 1 amide bonds. The van der Waals surface area contributed by atoms with E-state index in [0.717, 1.165) is 0 Å². The van der Waals surface area contributed by atoms with Crippen LogP contribution in [0.1, 0.15) is 33.3 Å². The van der Waals surface area contributed by atoms with Gasteiger partial charge in [-0.1, -0.05) is 34.3 Å². The fourth-order valence-electron chi connectivity index (χ4n) is 3.98. The number of ether oxygens (including phenoxy) is 1. The van der Waals surface area contributed by atoms with Crippen LogP contribution in [0, 0.1) is 22.2 Å². The lowest BCUT2D eigenvalue weighted by Crippen LogP contribution is -2.74. The second-order valence-electron chi connectivity index (χ2n) is 7.55. The van der Waals surface area contributed by atoms with Crippen molar-refractivity contribution in [1.29, 1.82) is 5.26 Å². The minimum atomic E-state index is -0.332. The number of carbonyl (C=O) groups excluding carboxylic acids is 1. The highest BCUT2D eigenvalue weighted by atomic mass is 79.9. The number of benzene rings is 1. The van der Waals surface area contributed by atoms with Crippen LogP contribution in [0.2, 0.25) is 0 Å². The van der Waals surface area contributed by atoms with Crippen molar-refractivity contribution in [2.75, 3.05) is 7.05 Å². The van der Waals surface area contributed by atoms with E-state index in [2.05, 4.69) is 71.8 Å². The van der Waals surface area contributed by atoms with Crippen molar-refractivity contribution in [2.45, 2.75) is 39.8 Å². The predicted molar refractivity (Wildman–Crippen MR) is 103 cm³/mol. The van der Waals surface area contributed by atoms with Crippen LogP contribution < -0.4 is 10.1 Å². The molecule has 0 radical (unpaired) electrons. The number of amides is 1. The molecule has 1 aromatic rings. The van der Waals surface area contributed by atoms with Crippen molar-refractivity contribution in [3.8, 4) is 11.8 Å². The van der Waals surface area contributed by atoms with Crippen LogP contribution >= 0.6 is 15.9 Å². The zero-order chi connectivity index (χ0) is 19.7. The van der Waals surface area contributed by atoms with Crippen molar-refractivity contribution in [3.05, 3.63) is 40.5 Å². The van der Waals surface area contributed by atoms with Gasteiger partial charge in [-0.3, -0.25) is 4.79 Å². The van der Waals surface area contributed by atoms with Gasteiger partial charge in [-0.15, -0.1) is 0 Å². The fourth-order valence-corrected chi connectivity index (χ4v) is 4.42. The monoisotopic (exact) mass is 418 g/mol. The van der Waals surface area contributed by atoms with E-state index in [0.29, 0.717) is 15.8 Å². The van der Waals surface area contributed by atoms with Crippen LogP contribution in [0.5, 0.6) is 5.75 Å². The zero-order valence-electron chi connectivity index (χ0n) is 15.6. The topological polar surface area (TPSA) is 86.8 Å². The number of azo groups is 1. The van der Waals surface area contributed by atoms with Crippen LogP contribution in [0.15, 0.2) is 45.2 Å². The molecule has 1 saturated carbocycles. The van der Waals surface area contributed by atoms with Crippen LogP contribution in [0.25, 0.3) is 0 Å². The minimum Gasteiger partial charge on any atom is -0.489 e. The first-order chi connectivity index (χ1) is 12.1. The Labute approximate surface area is 162 Å². The molecule has 2 rings (SSSR count). The van der Waals surface area contributed by atoms with Crippen molar-refractivity contribution >= 4 is 21.8 Å². The van der Waals surface area contributed by atoms with E-state index in [1.165, 1.54) is 7.05 Å². The van der Waals surface area contributed by atoms with Crippen molar-refractivity contribution in [3.63, 3.8) is 0 Å². The molecule has 1 aliphatic rings. The van der Waals surface area contributed by atoms with E-state index in [-0.39, 0.29) is 34.6 Å². The third-order valence-electron chi connectivity index (χ3n) is 4.91. The Morgan fingerprint density at radius 3 is 2.46 bits per heavy atom. The summed E-state index contributed by atoms with van der Waals surface area (Å²) in [5, 5.41) is 19.3. The third kappa shape index (κ3) is 3.51. The summed E-state index contributed by atoms with van der Waals surface area (Å²) in [4.78, 5) is 12.2. The molecule has 0 unspecified atom stereocenters. The molecule has 7 heteroatoms. The smallest absolute Gasteiger partial charge is 0.271 e. The lowest BCUT2D eigenvalue weighted by atomic mass is 9.49. The van der Waals surface area contributed by atoms with Gasteiger partial charge in [-0.05, 0) is 34.1 Å². The van der Waals surface area contributed by atoms with Crippen molar-refractivity contribution in [2.24, 2.45) is 21.1 Å². The molecular weight excluding hydrogens is 396 g/mol. The van der Waals surface area contributed by atoms with E-state index in [1.54, 1.807) is 18.2 Å². The van der Waals surface area contributed by atoms with E-state index in [1.807, 2.05) is 0 Å². The molecule has 0 aliphatic heterocycles. The predicted octanol–water partition coefficient (Wildman–Crippen LogP) is 4.21. The number of carbonyl (C=O) groups is 1. The number of hydrogen-bond acceptors (Lipinski definition) is 5. The Morgan fingerprint density at radius 1 is 1.35 bits per heavy atom. The van der Waals surface area contributed by atoms with Gasteiger partial charge in [0, 0.05) is 28.4 Å².